The number of hydrogen-bond donors (Lipinski definition) is 2. The summed E-state index contributed by atoms with van der Waals surface area (Å²) in [6, 6.07) is 5.35. The summed E-state index contributed by atoms with van der Waals surface area (Å²) in [6.07, 6.45) is 4.30. The van der Waals surface area contributed by atoms with Crippen LogP contribution >= 0.6 is 0 Å². The van der Waals surface area contributed by atoms with E-state index in [0.29, 0.717) is 12.0 Å². The lowest BCUT2D eigenvalue weighted by Gasteiger charge is -2.52. The van der Waals surface area contributed by atoms with Crippen LogP contribution in [0.4, 0.5) is 0 Å². The van der Waals surface area contributed by atoms with Gasteiger partial charge < -0.3 is 10.4 Å². The summed E-state index contributed by atoms with van der Waals surface area (Å²) in [7, 11) is 0. The minimum atomic E-state index is -0.785. The first-order chi connectivity index (χ1) is 10.4. The van der Waals surface area contributed by atoms with E-state index in [4.69, 9.17) is 5.11 Å². The molecular formula is C16H19N3O3. The molecule has 0 radical (unpaired) electrons. The fraction of sp³-hybridized carbons (Fsp3) is 0.438. The van der Waals surface area contributed by atoms with Gasteiger partial charge in [-0.25, -0.2) is 4.52 Å². The first-order valence-electron chi connectivity index (χ1n) is 7.34. The lowest BCUT2D eigenvalue weighted by atomic mass is 9.57. The Kier molecular flexibility index (Phi) is 3.39. The molecule has 0 spiro atoms. The number of nitrogens with one attached hydrogen (secondary N) is 1. The molecule has 1 saturated carbocycles. The monoisotopic (exact) mass is 301 g/mol. The fourth-order valence-electron chi connectivity index (χ4n) is 3.20. The zero-order valence-electron chi connectivity index (χ0n) is 12.6. The Labute approximate surface area is 128 Å². The highest BCUT2D eigenvalue weighted by molar-refractivity contribution is 6.00. The molecule has 116 valence electrons. The van der Waals surface area contributed by atoms with Crippen molar-refractivity contribution >= 4 is 17.4 Å². The lowest BCUT2D eigenvalue weighted by Crippen LogP contribution is -2.58. The Morgan fingerprint density at radius 2 is 2.23 bits per heavy atom. The highest BCUT2D eigenvalue weighted by Gasteiger charge is 2.49. The highest BCUT2D eigenvalue weighted by Crippen LogP contribution is 2.48. The van der Waals surface area contributed by atoms with Crippen molar-refractivity contribution in [1.82, 2.24) is 14.9 Å². The number of pyridine rings is 1. The van der Waals surface area contributed by atoms with Crippen LogP contribution in [0.5, 0.6) is 0 Å². The molecule has 0 aromatic carbocycles. The van der Waals surface area contributed by atoms with Crippen molar-refractivity contribution in [2.24, 2.45) is 11.3 Å². The van der Waals surface area contributed by atoms with Gasteiger partial charge in [0, 0.05) is 18.7 Å². The van der Waals surface area contributed by atoms with Crippen molar-refractivity contribution in [1.29, 1.82) is 0 Å². The normalized spacial score (nSPS) is 23.0. The molecule has 2 atom stereocenters. The van der Waals surface area contributed by atoms with Crippen LogP contribution in [0.25, 0.3) is 5.52 Å². The molecule has 0 saturated heterocycles. The molecule has 1 aliphatic carbocycles. The number of aromatic nitrogens is 2. The van der Waals surface area contributed by atoms with Crippen LogP contribution in [0.15, 0.2) is 30.6 Å². The van der Waals surface area contributed by atoms with Gasteiger partial charge in [0.1, 0.15) is 0 Å². The first kappa shape index (κ1) is 14.6. The lowest BCUT2D eigenvalue weighted by molar-refractivity contribution is -0.141. The molecule has 0 bridgehead atoms. The van der Waals surface area contributed by atoms with Gasteiger partial charge in [-0.15, -0.1) is 0 Å². The second-order valence-corrected chi connectivity index (χ2v) is 6.46. The van der Waals surface area contributed by atoms with E-state index in [1.165, 1.54) is 0 Å². The standard InChI is InChI=1S/C16H19N3O3/c1-16(2)10(9-14(20)21)8-13(16)18-15(22)11-4-3-7-19-12(11)5-6-17-19/h3-7,10,13H,8-9H2,1-2H3,(H,18,22)(H,20,21). The molecule has 2 aromatic rings. The molecule has 22 heavy (non-hydrogen) atoms. The number of amides is 1. The SMILES string of the molecule is CC1(C)C(CC(=O)O)CC1NC(=O)c1cccn2nccc12. The van der Waals surface area contributed by atoms with Crippen molar-refractivity contribution in [3.8, 4) is 0 Å². The van der Waals surface area contributed by atoms with Crippen LogP contribution in [0, 0.1) is 11.3 Å². The van der Waals surface area contributed by atoms with Gasteiger partial charge in [0.15, 0.2) is 0 Å². The van der Waals surface area contributed by atoms with Crippen LogP contribution in [-0.2, 0) is 4.79 Å². The second kappa shape index (κ2) is 5.12. The van der Waals surface area contributed by atoms with Gasteiger partial charge in [0.05, 0.1) is 17.3 Å². The Bertz CT molecular complexity index is 735. The van der Waals surface area contributed by atoms with E-state index in [-0.39, 0.29) is 29.7 Å². The van der Waals surface area contributed by atoms with Crippen LogP contribution in [0.1, 0.15) is 37.0 Å². The van der Waals surface area contributed by atoms with Crippen molar-refractivity contribution in [3.63, 3.8) is 0 Å². The predicted octanol–water partition coefficient (Wildman–Crippen LogP) is 1.95. The molecular weight excluding hydrogens is 282 g/mol. The van der Waals surface area contributed by atoms with Gasteiger partial charge in [-0.3, -0.25) is 9.59 Å². The van der Waals surface area contributed by atoms with Gasteiger partial charge in [0.25, 0.3) is 5.91 Å². The molecule has 2 heterocycles. The Balaban J connectivity index is 1.73. The predicted molar refractivity (Wildman–Crippen MR) is 80.6 cm³/mol. The quantitative estimate of drug-likeness (QED) is 0.904. The third kappa shape index (κ3) is 2.34. The molecule has 1 amide bonds. The third-order valence-corrected chi connectivity index (χ3v) is 4.88. The minimum Gasteiger partial charge on any atom is -0.481 e. The summed E-state index contributed by atoms with van der Waals surface area (Å²) < 4.78 is 1.66. The van der Waals surface area contributed by atoms with Crippen molar-refractivity contribution in [2.45, 2.75) is 32.7 Å². The summed E-state index contributed by atoms with van der Waals surface area (Å²) in [5, 5.41) is 16.1. The third-order valence-electron chi connectivity index (χ3n) is 4.88. The van der Waals surface area contributed by atoms with Crippen LogP contribution in [0.2, 0.25) is 0 Å². The van der Waals surface area contributed by atoms with Crippen molar-refractivity contribution < 1.29 is 14.7 Å². The van der Waals surface area contributed by atoms with E-state index in [9.17, 15) is 9.59 Å². The fourth-order valence-corrected chi connectivity index (χ4v) is 3.20. The van der Waals surface area contributed by atoms with E-state index < -0.39 is 5.97 Å². The van der Waals surface area contributed by atoms with E-state index in [2.05, 4.69) is 10.4 Å². The molecule has 3 rings (SSSR count). The average molecular weight is 301 g/mol. The number of hydrogen-bond acceptors (Lipinski definition) is 3. The largest absolute Gasteiger partial charge is 0.481 e. The number of carboxylic acid groups (broad SMARTS) is 1. The average Bonchev–Trinajstić information content (AvgIpc) is 2.93. The van der Waals surface area contributed by atoms with E-state index in [1.54, 1.807) is 35.1 Å². The van der Waals surface area contributed by atoms with Gasteiger partial charge in [-0.2, -0.15) is 5.10 Å². The maximum Gasteiger partial charge on any atom is 0.303 e. The van der Waals surface area contributed by atoms with Crippen LogP contribution in [0.3, 0.4) is 0 Å². The zero-order valence-corrected chi connectivity index (χ0v) is 12.6. The van der Waals surface area contributed by atoms with Crippen molar-refractivity contribution in [3.05, 3.63) is 36.2 Å². The number of carbonyl (C=O) groups excluding carboxylic acids is 1. The van der Waals surface area contributed by atoms with Crippen LogP contribution in [-0.4, -0.2) is 32.6 Å². The maximum atomic E-state index is 12.5. The van der Waals surface area contributed by atoms with E-state index >= 15 is 0 Å². The molecule has 6 nitrogen and oxygen atoms in total. The number of fused-ring (bicyclic) bond motifs is 1. The van der Waals surface area contributed by atoms with Gasteiger partial charge in [-0.05, 0) is 36.0 Å². The highest BCUT2D eigenvalue weighted by atomic mass is 16.4. The summed E-state index contributed by atoms with van der Waals surface area (Å²) >= 11 is 0. The molecule has 1 fully saturated rings. The van der Waals surface area contributed by atoms with Gasteiger partial charge in [0.2, 0.25) is 0 Å². The molecule has 2 unspecified atom stereocenters. The zero-order chi connectivity index (χ0) is 15.9. The number of carboxylic acids is 1. The first-order valence-corrected chi connectivity index (χ1v) is 7.34. The maximum absolute atomic E-state index is 12.5. The van der Waals surface area contributed by atoms with Crippen molar-refractivity contribution in [2.75, 3.05) is 0 Å². The summed E-state index contributed by atoms with van der Waals surface area (Å²) in [4.78, 5) is 23.4. The van der Waals surface area contributed by atoms with Crippen LogP contribution < -0.4 is 5.32 Å². The Hall–Kier alpha value is -2.37. The smallest absolute Gasteiger partial charge is 0.303 e. The number of nitrogens with zero attached hydrogens (tertiary/aromatic N) is 2. The molecule has 2 N–H and O–H groups in total. The summed E-state index contributed by atoms with van der Waals surface area (Å²) in [5.41, 5.74) is 1.14. The molecule has 2 aromatic heterocycles. The Morgan fingerprint density at radius 3 is 2.91 bits per heavy atom. The molecule has 6 heteroatoms. The minimum absolute atomic E-state index is 0.00692. The topological polar surface area (TPSA) is 83.7 Å². The van der Waals surface area contributed by atoms with E-state index in [0.717, 1.165) is 5.52 Å². The number of carbonyl (C=O) groups is 2. The number of rotatable bonds is 4. The molecule has 0 aliphatic heterocycles. The van der Waals surface area contributed by atoms with Gasteiger partial charge >= 0.3 is 5.97 Å². The summed E-state index contributed by atoms with van der Waals surface area (Å²) in [6.45, 7) is 4.02. The summed E-state index contributed by atoms with van der Waals surface area (Å²) in [5.74, 6) is -0.828. The van der Waals surface area contributed by atoms with E-state index in [1.807, 2.05) is 13.8 Å². The van der Waals surface area contributed by atoms with Gasteiger partial charge in [-0.1, -0.05) is 13.8 Å². The number of aliphatic carboxylic acids is 1. The Morgan fingerprint density at radius 1 is 1.45 bits per heavy atom. The second-order valence-electron chi connectivity index (χ2n) is 6.46. The molecule has 1 aliphatic rings.